The van der Waals surface area contributed by atoms with Gasteiger partial charge < -0.3 is 5.32 Å². The second kappa shape index (κ2) is 6.14. The molecule has 0 fully saturated rings. The number of pyridine rings is 1. The van der Waals surface area contributed by atoms with Crippen molar-refractivity contribution in [2.24, 2.45) is 0 Å². The van der Waals surface area contributed by atoms with Crippen LogP contribution in [0.5, 0.6) is 0 Å². The van der Waals surface area contributed by atoms with E-state index in [9.17, 15) is 4.79 Å². The van der Waals surface area contributed by atoms with Gasteiger partial charge in [0.2, 0.25) is 5.91 Å². The molecule has 3 rings (SSSR count). The van der Waals surface area contributed by atoms with Gasteiger partial charge in [-0.2, -0.15) is 0 Å². The summed E-state index contributed by atoms with van der Waals surface area (Å²) in [6.45, 7) is 2.11. The van der Waals surface area contributed by atoms with Gasteiger partial charge >= 0.3 is 0 Å². The van der Waals surface area contributed by atoms with Crippen LogP contribution in [0.1, 0.15) is 36.6 Å². The van der Waals surface area contributed by atoms with E-state index >= 15 is 0 Å². The molecule has 1 N–H and O–H groups in total. The lowest BCUT2D eigenvalue weighted by atomic mass is 9.78. The first kappa shape index (κ1) is 14.5. The molecule has 3 nitrogen and oxygen atoms in total. The molecule has 1 aliphatic carbocycles. The molecule has 1 amide bonds. The van der Waals surface area contributed by atoms with Crippen molar-refractivity contribution in [1.29, 1.82) is 0 Å². The number of rotatable bonds is 3. The molecular formula is C19H20N2O. The van der Waals surface area contributed by atoms with Crippen molar-refractivity contribution >= 4 is 12.0 Å². The third-order valence-corrected chi connectivity index (χ3v) is 4.23. The molecule has 1 aromatic carbocycles. The summed E-state index contributed by atoms with van der Waals surface area (Å²) in [5, 5.41) is 3.17. The lowest BCUT2D eigenvalue weighted by Gasteiger charge is -2.36. The summed E-state index contributed by atoms with van der Waals surface area (Å²) in [7, 11) is 0. The van der Waals surface area contributed by atoms with Crippen LogP contribution >= 0.6 is 0 Å². The second-order valence-corrected chi connectivity index (χ2v) is 5.92. The van der Waals surface area contributed by atoms with Crippen molar-refractivity contribution in [2.75, 3.05) is 0 Å². The number of aryl methyl sites for hydroxylation is 1. The number of hydrogen-bond acceptors (Lipinski definition) is 2. The van der Waals surface area contributed by atoms with Crippen molar-refractivity contribution in [2.45, 2.75) is 31.7 Å². The number of amides is 1. The predicted octanol–water partition coefficient (Wildman–Crippen LogP) is 3.46. The van der Waals surface area contributed by atoms with E-state index in [2.05, 4.69) is 35.4 Å². The van der Waals surface area contributed by atoms with Gasteiger partial charge in [0.05, 0.1) is 11.2 Å². The van der Waals surface area contributed by atoms with Crippen LogP contribution in [0.15, 0.2) is 54.7 Å². The van der Waals surface area contributed by atoms with Crippen molar-refractivity contribution in [3.63, 3.8) is 0 Å². The number of aromatic nitrogens is 1. The number of nitrogens with zero attached hydrogens (tertiary/aromatic N) is 1. The number of hydrogen-bond donors (Lipinski definition) is 1. The Morgan fingerprint density at radius 3 is 2.86 bits per heavy atom. The van der Waals surface area contributed by atoms with Crippen LogP contribution in [0, 0.1) is 0 Å². The van der Waals surface area contributed by atoms with E-state index in [4.69, 9.17) is 0 Å². The van der Waals surface area contributed by atoms with Crippen LogP contribution in [0.25, 0.3) is 6.08 Å². The first-order valence-electron chi connectivity index (χ1n) is 7.67. The van der Waals surface area contributed by atoms with Gasteiger partial charge in [-0.15, -0.1) is 0 Å². The van der Waals surface area contributed by atoms with E-state index in [0.29, 0.717) is 0 Å². The van der Waals surface area contributed by atoms with Crippen molar-refractivity contribution in [1.82, 2.24) is 10.3 Å². The summed E-state index contributed by atoms with van der Waals surface area (Å²) in [4.78, 5) is 16.5. The van der Waals surface area contributed by atoms with Crippen molar-refractivity contribution in [3.05, 3.63) is 71.6 Å². The summed E-state index contributed by atoms with van der Waals surface area (Å²) < 4.78 is 0. The fourth-order valence-corrected chi connectivity index (χ4v) is 3.12. The molecule has 0 bridgehead atoms. The highest BCUT2D eigenvalue weighted by Gasteiger charge is 2.32. The monoisotopic (exact) mass is 292 g/mol. The molecule has 1 aliphatic rings. The number of nitrogens with one attached hydrogen (secondary N) is 1. The fraction of sp³-hybridized carbons (Fsp3) is 0.263. The predicted molar refractivity (Wildman–Crippen MR) is 88.1 cm³/mol. The van der Waals surface area contributed by atoms with Gasteiger partial charge in [0, 0.05) is 12.3 Å². The lowest BCUT2D eigenvalue weighted by Crippen LogP contribution is -2.45. The third-order valence-electron chi connectivity index (χ3n) is 4.23. The quantitative estimate of drug-likeness (QED) is 0.880. The molecule has 0 saturated heterocycles. The SMILES string of the molecule is CC1(NC(=O)/C=C/c2ccccn2)CCCc2ccccc21. The normalized spacial score (nSPS) is 20.6. The fourth-order valence-electron chi connectivity index (χ4n) is 3.12. The van der Waals surface area contributed by atoms with Gasteiger partial charge in [-0.25, -0.2) is 0 Å². The summed E-state index contributed by atoms with van der Waals surface area (Å²) in [6, 6.07) is 14.0. The Balaban J connectivity index is 1.75. The second-order valence-electron chi connectivity index (χ2n) is 5.92. The highest BCUT2D eigenvalue weighted by atomic mass is 16.1. The number of benzene rings is 1. The highest BCUT2D eigenvalue weighted by molar-refractivity contribution is 5.92. The summed E-state index contributed by atoms with van der Waals surface area (Å²) >= 11 is 0. The van der Waals surface area contributed by atoms with Gasteiger partial charge in [0.15, 0.2) is 0 Å². The standard InChI is InChI=1S/C19H20N2O/c1-19(13-6-8-15-7-2-3-10-17(15)19)21-18(22)12-11-16-9-4-5-14-20-16/h2-5,7,9-12,14H,6,8,13H2,1H3,(H,21,22)/b12-11+. The largest absolute Gasteiger partial charge is 0.343 e. The van der Waals surface area contributed by atoms with Gasteiger partial charge in [-0.3, -0.25) is 9.78 Å². The average molecular weight is 292 g/mol. The smallest absolute Gasteiger partial charge is 0.244 e. The van der Waals surface area contributed by atoms with Crippen LogP contribution in [0.4, 0.5) is 0 Å². The van der Waals surface area contributed by atoms with Gasteiger partial charge in [-0.05, 0) is 55.5 Å². The maximum atomic E-state index is 12.3. The lowest BCUT2D eigenvalue weighted by molar-refractivity contribution is -0.118. The summed E-state index contributed by atoms with van der Waals surface area (Å²) in [6.07, 6.45) is 8.17. The Bertz CT molecular complexity index is 694. The average Bonchev–Trinajstić information content (AvgIpc) is 2.54. The van der Waals surface area contributed by atoms with Gasteiger partial charge in [-0.1, -0.05) is 30.3 Å². The van der Waals surface area contributed by atoms with E-state index in [1.54, 1.807) is 18.3 Å². The molecule has 1 aromatic heterocycles. The Hall–Kier alpha value is -2.42. The topological polar surface area (TPSA) is 42.0 Å². The molecular weight excluding hydrogens is 272 g/mol. The van der Waals surface area contributed by atoms with E-state index in [0.717, 1.165) is 25.0 Å². The Labute approximate surface area is 131 Å². The Kier molecular flexibility index (Phi) is 4.05. The molecule has 22 heavy (non-hydrogen) atoms. The maximum Gasteiger partial charge on any atom is 0.244 e. The molecule has 0 saturated carbocycles. The third kappa shape index (κ3) is 3.08. The first-order chi connectivity index (χ1) is 10.7. The molecule has 1 unspecified atom stereocenters. The van der Waals surface area contributed by atoms with Crippen molar-refractivity contribution in [3.8, 4) is 0 Å². The molecule has 1 heterocycles. The van der Waals surface area contributed by atoms with E-state index < -0.39 is 0 Å². The van der Waals surface area contributed by atoms with Gasteiger partial charge in [0.1, 0.15) is 0 Å². The molecule has 0 aliphatic heterocycles. The molecule has 0 spiro atoms. The van der Waals surface area contributed by atoms with Gasteiger partial charge in [0.25, 0.3) is 0 Å². The Morgan fingerprint density at radius 1 is 1.23 bits per heavy atom. The minimum atomic E-state index is -0.291. The minimum absolute atomic E-state index is 0.0788. The highest BCUT2D eigenvalue weighted by Crippen LogP contribution is 2.34. The maximum absolute atomic E-state index is 12.3. The van der Waals surface area contributed by atoms with E-state index in [-0.39, 0.29) is 11.4 Å². The van der Waals surface area contributed by atoms with Crippen LogP contribution in [-0.2, 0) is 16.8 Å². The molecule has 112 valence electrons. The van der Waals surface area contributed by atoms with Crippen LogP contribution < -0.4 is 5.32 Å². The molecule has 0 radical (unpaired) electrons. The molecule has 2 aromatic rings. The van der Waals surface area contributed by atoms with Crippen LogP contribution in [0.3, 0.4) is 0 Å². The molecule has 3 heteroatoms. The number of fused-ring (bicyclic) bond motifs is 1. The zero-order valence-electron chi connectivity index (χ0n) is 12.8. The number of carbonyl (C=O) groups excluding carboxylic acids is 1. The van der Waals surface area contributed by atoms with Crippen molar-refractivity contribution < 1.29 is 4.79 Å². The summed E-state index contributed by atoms with van der Waals surface area (Å²) in [5.74, 6) is -0.0788. The number of carbonyl (C=O) groups is 1. The van der Waals surface area contributed by atoms with E-state index in [1.165, 1.54) is 11.1 Å². The first-order valence-corrected chi connectivity index (χ1v) is 7.67. The minimum Gasteiger partial charge on any atom is -0.343 e. The summed E-state index contributed by atoms with van der Waals surface area (Å²) in [5.41, 5.74) is 3.07. The Morgan fingerprint density at radius 2 is 2.05 bits per heavy atom. The van der Waals surface area contributed by atoms with Crippen LogP contribution in [-0.4, -0.2) is 10.9 Å². The van der Waals surface area contributed by atoms with Crippen LogP contribution in [0.2, 0.25) is 0 Å². The molecule has 1 atom stereocenters. The zero-order chi connectivity index (χ0) is 15.4. The zero-order valence-corrected chi connectivity index (χ0v) is 12.8. The van der Waals surface area contributed by atoms with E-state index in [1.807, 2.05) is 24.3 Å².